The predicted molar refractivity (Wildman–Crippen MR) is 58.8 cm³/mol. The van der Waals surface area contributed by atoms with E-state index in [1.165, 1.54) is 7.11 Å². The van der Waals surface area contributed by atoms with E-state index in [-0.39, 0.29) is 11.3 Å². The molecule has 0 fully saturated rings. The number of hydrogen-bond donors (Lipinski definition) is 0. The largest absolute Gasteiger partial charge is 0.494 e. The summed E-state index contributed by atoms with van der Waals surface area (Å²) in [5.74, 6) is -0.905. The number of hydrogen-bond acceptors (Lipinski definition) is 3. The molecular weight excluding hydrogens is 301 g/mol. The number of methoxy groups -OCH3 is 1. The minimum Gasteiger partial charge on any atom is -0.494 e. The van der Waals surface area contributed by atoms with Crippen LogP contribution in [0.4, 0.5) is 13.2 Å². The molecule has 0 aliphatic carbocycles. The molecule has 1 aromatic carbocycles. The average Bonchev–Trinajstić information content (AvgIpc) is 2.28. The molecule has 1 heterocycles. The second kappa shape index (κ2) is 4.14. The first-order chi connectivity index (χ1) is 7.93. The van der Waals surface area contributed by atoms with Crippen molar-refractivity contribution in [2.24, 2.45) is 0 Å². The van der Waals surface area contributed by atoms with Crippen LogP contribution in [0.15, 0.2) is 22.8 Å². The molecular formula is C10H6BrF3N2O. The van der Waals surface area contributed by atoms with Gasteiger partial charge in [-0.05, 0) is 12.1 Å². The maximum Gasteiger partial charge on any atom is 0.451 e. The van der Waals surface area contributed by atoms with Crippen molar-refractivity contribution in [2.45, 2.75) is 6.18 Å². The summed E-state index contributed by atoms with van der Waals surface area (Å²) in [5.41, 5.74) is 0.129. The first kappa shape index (κ1) is 12.1. The van der Waals surface area contributed by atoms with Gasteiger partial charge in [-0.3, -0.25) is 0 Å². The van der Waals surface area contributed by atoms with Gasteiger partial charge in [0, 0.05) is 16.1 Å². The van der Waals surface area contributed by atoms with E-state index in [0.29, 0.717) is 9.86 Å². The van der Waals surface area contributed by atoms with Gasteiger partial charge in [-0.2, -0.15) is 13.2 Å². The van der Waals surface area contributed by atoms with Gasteiger partial charge in [-0.15, -0.1) is 0 Å². The van der Waals surface area contributed by atoms with Crippen LogP contribution >= 0.6 is 15.9 Å². The fourth-order valence-electron chi connectivity index (χ4n) is 1.36. The lowest BCUT2D eigenvalue weighted by Gasteiger charge is -2.09. The number of alkyl halides is 3. The monoisotopic (exact) mass is 306 g/mol. The number of ether oxygens (including phenoxy) is 1. The highest BCUT2D eigenvalue weighted by molar-refractivity contribution is 9.10. The van der Waals surface area contributed by atoms with Crippen molar-refractivity contribution in [1.29, 1.82) is 0 Å². The molecule has 0 saturated heterocycles. The topological polar surface area (TPSA) is 35.0 Å². The van der Waals surface area contributed by atoms with E-state index in [9.17, 15) is 13.2 Å². The highest BCUT2D eigenvalue weighted by Crippen LogP contribution is 2.33. The summed E-state index contributed by atoms with van der Waals surface area (Å²) in [4.78, 5) is 6.78. The molecule has 0 spiro atoms. The van der Waals surface area contributed by atoms with E-state index >= 15 is 0 Å². The summed E-state index contributed by atoms with van der Waals surface area (Å²) >= 11 is 3.22. The molecule has 2 rings (SSSR count). The van der Waals surface area contributed by atoms with E-state index in [2.05, 4.69) is 25.9 Å². The molecule has 2 aromatic rings. The van der Waals surface area contributed by atoms with Gasteiger partial charge in [0.15, 0.2) is 0 Å². The zero-order valence-corrected chi connectivity index (χ0v) is 10.1. The van der Waals surface area contributed by atoms with Gasteiger partial charge < -0.3 is 4.74 Å². The van der Waals surface area contributed by atoms with Crippen LogP contribution in [-0.4, -0.2) is 17.1 Å². The Hall–Kier alpha value is -1.37. The Bertz CT molecular complexity index is 571. The van der Waals surface area contributed by atoms with Crippen molar-refractivity contribution in [1.82, 2.24) is 9.97 Å². The third-order valence-electron chi connectivity index (χ3n) is 2.13. The van der Waals surface area contributed by atoms with Crippen molar-refractivity contribution in [3.8, 4) is 5.75 Å². The summed E-state index contributed by atoms with van der Waals surface area (Å²) < 4.78 is 43.0. The molecule has 0 bridgehead atoms. The Morgan fingerprint density at radius 2 is 2.00 bits per heavy atom. The molecule has 17 heavy (non-hydrogen) atoms. The molecule has 0 aliphatic rings. The molecule has 7 heteroatoms. The smallest absolute Gasteiger partial charge is 0.451 e. The quantitative estimate of drug-likeness (QED) is 0.810. The summed E-state index contributed by atoms with van der Waals surface area (Å²) in [5, 5.41) is 0.470. The van der Waals surface area contributed by atoms with E-state index in [4.69, 9.17) is 4.74 Å². The lowest BCUT2D eigenvalue weighted by Crippen LogP contribution is -2.10. The molecule has 0 aliphatic heterocycles. The van der Waals surface area contributed by atoms with Crippen LogP contribution in [-0.2, 0) is 6.18 Å². The van der Waals surface area contributed by atoms with Crippen LogP contribution < -0.4 is 4.74 Å². The molecule has 1 aromatic heterocycles. The molecule has 0 radical (unpaired) electrons. The second-order valence-corrected chi connectivity index (χ2v) is 4.06. The summed E-state index contributed by atoms with van der Waals surface area (Å²) in [6, 6.07) is 3.21. The van der Waals surface area contributed by atoms with E-state index < -0.39 is 12.0 Å². The lowest BCUT2D eigenvalue weighted by atomic mass is 10.2. The van der Waals surface area contributed by atoms with Gasteiger partial charge in [0.05, 0.1) is 7.11 Å². The van der Waals surface area contributed by atoms with E-state index in [0.717, 1.165) is 6.20 Å². The van der Waals surface area contributed by atoms with Crippen LogP contribution in [0.3, 0.4) is 0 Å². The first-order valence-electron chi connectivity index (χ1n) is 4.50. The van der Waals surface area contributed by atoms with Crippen molar-refractivity contribution < 1.29 is 17.9 Å². The number of aromatic nitrogens is 2. The normalized spacial score (nSPS) is 11.8. The van der Waals surface area contributed by atoms with Crippen LogP contribution in [0, 0.1) is 0 Å². The SMILES string of the molecule is COc1ccc(Br)c2cnc(C(F)(F)F)nc12. The summed E-state index contributed by atoms with van der Waals surface area (Å²) in [7, 11) is 1.37. The Morgan fingerprint density at radius 3 is 2.59 bits per heavy atom. The fraction of sp³-hybridized carbons (Fsp3) is 0.200. The van der Waals surface area contributed by atoms with Gasteiger partial charge >= 0.3 is 6.18 Å². The lowest BCUT2D eigenvalue weighted by molar-refractivity contribution is -0.144. The highest BCUT2D eigenvalue weighted by atomic mass is 79.9. The molecule has 0 unspecified atom stereocenters. The van der Waals surface area contributed by atoms with E-state index in [1.54, 1.807) is 12.1 Å². The fourth-order valence-corrected chi connectivity index (χ4v) is 1.79. The first-order valence-corrected chi connectivity index (χ1v) is 5.29. The third-order valence-corrected chi connectivity index (χ3v) is 2.83. The van der Waals surface area contributed by atoms with Gasteiger partial charge in [0.2, 0.25) is 5.82 Å². The van der Waals surface area contributed by atoms with Crippen molar-refractivity contribution >= 4 is 26.8 Å². The third kappa shape index (κ3) is 2.19. The van der Waals surface area contributed by atoms with Gasteiger partial charge in [0.25, 0.3) is 0 Å². The zero-order valence-electron chi connectivity index (χ0n) is 8.55. The minimum absolute atomic E-state index is 0.129. The molecule has 90 valence electrons. The molecule has 0 N–H and O–H groups in total. The number of fused-ring (bicyclic) bond motifs is 1. The maximum atomic E-state index is 12.5. The molecule has 0 amide bonds. The van der Waals surface area contributed by atoms with Gasteiger partial charge in [-0.1, -0.05) is 15.9 Å². The maximum absolute atomic E-state index is 12.5. The van der Waals surface area contributed by atoms with Crippen LogP contribution in [0.2, 0.25) is 0 Å². The number of rotatable bonds is 1. The van der Waals surface area contributed by atoms with Crippen LogP contribution in [0.25, 0.3) is 10.9 Å². The molecule has 0 saturated carbocycles. The predicted octanol–water partition coefficient (Wildman–Crippen LogP) is 3.42. The Morgan fingerprint density at radius 1 is 1.29 bits per heavy atom. The van der Waals surface area contributed by atoms with Gasteiger partial charge in [0.1, 0.15) is 11.3 Å². The van der Waals surface area contributed by atoms with Crippen LogP contribution in [0.1, 0.15) is 5.82 Å². The van der Waals surface area contributed by atoms with E-state index in [1.807, 2.05) is 0 Å². The Balaban J connectivity index is 2.75. The summed E-state index contributed by atoms with van der Waals surface area (Å²) in [6.07, 6.45) is -3.45. The molecule has 3 nitrogen and oxygen atoms in total. The van der Waals surface area contributed by atoms with Crippen LogP contribution in [0.5, 0.6) is 5.75 Å². The van der Waals surface area contributed by atoms with Crippen molar-refractivity contribution in [3.05, 3.63) is 28.6 Å². The van der Waals surface area contributed by atoms with Gasteiger partial charge in [-0.25, -0.2) is 9.97 Å². The van der Waals surface area contributed by atoms with Crippen molar-refractivity contribution in [2.75, 3.05) is 7.11 Å². The second-order valence-electron chi connectivity index (χ2n) is 3.20. The summed E-state index contributed by atoms with van der Waals surface area (Å²) in [6.45, 7) is 0. The number of nitrogens with zero attached hydrogens (tertiary/aromatic N) is 2. The molecule has 0 atom stereocenters. The minimum atomic E-state index is -4.57. The number of benzene rings is 1. The Kier molecular flexibility index (Phi) is 2.94. The standard InChI is InChI=1S/C10H6BrF3N2O/c1-17-7-3-2-6(11)5-4-15-9(10(12,13)14)16-8(5)7/h2-4H,1H3. The average molecular weight is 307 g/mol. The number of halogens is 4. The zero-order chi connectivity index (χ0) is 12.6. The highest BCUT2D eigenvalue weighted by Gasteiger charge is 2.35. The Labute approximate surface area is 103 Å². The van der Waals surface area contributed by atoms with Crippen molar-refractivity contribution in [3.63, 3.8) is 0 Å².